The van der Waals surface area contributed by atoms with E-state index >= 15 is 0 Å². The Morgan fingerprint density at radius 1 is 1.26 bits per heavy atom. The molecule has 3 rings (SSSR count). The number of carbonyl (C=O) groups is 2. The van der Waals surface area contributed by atoms with Crippen molar-refractivity contribution in [1.82, 2.24) is 5.32 Å². The third-order valence-electron chi connectivity index (χ3n) is 4.67. The fourth-order valence-corrected chi connectivity index (χ4v) is 3.65. The van der Waals surface area contributed by atoms with Gasteiger partial charge in [0, 0.05) is 0 Å². The van der Waals surface area contributed by atoms with Crippen LogP contribution in [0.2, 0.25) is 0 Å². The summed E-state index contributed by atoms with van der Waals surface area (Å²) < 4.78 is 11.1. The van der Waals surface area contributed by atoms with Crippen molar-refractivity contribution in [3.63, 3.8) is 0 Å². The first kappa shape index (κ1) is 22.4. The summed E-state index contributed by atoms with van der Waals surface area (Å²) in [7, 11) is 0. The largest absolute Gasteiger partial charge is 0.490 e. The van der Waals surface area contributed by atoms with Crippen molar-refractivity contribution in [3.05, 3.63) is 58.0 Å². The number of carbonyl (C=O) groups excluding carboxylic acids is 1. The summed E-state index contributed by atoms with van der Waals surface area (Å²) in [5.41, 5.74) is 3.74. The van der Waals surface area contributed by atoms with Crippen LogP contribution in [-0.4, -0.2) is 34.9 Å². The SMILES string of the molecule is CCOc1cc(/C=C2/SC(=Nc3cccc(C)c3C)NC2=O)ccc1OC(C)C(=O)O. The van der Waals surface area contributed by atoms with Crippen molar-refractivity contribution in [2.45, 2.75) is 33.8 Å². The number of ether oxygens (including phenoxy) is 2. The summed E-state index contributed by atoms with van der Waals surface area (Å²) in [6.07, 6.45) is 0.724. The number of benzene rings is 2. The molecule has 0 radical (unpaired) electrons. The molecule has 2 aromatic carbocycles. The second kappa shape index (κ2) is 9.70. The van der Waals surface area contributed by atoms with E-state index in [2.05, 4.69) is 10.3 Å². The van der Waals surface area contributed by atoms with E-state index in [1.807, 2.05) is 39.0 Å². The van der Waals surface area contributed by atoms with Crippen LogP contribution in [0.25, 0.3) is 6.08 Å². The Morgan fingerprint density at radius 3 is 2.74 bits per heavy atom. The minimum atomic E-state index is -1.07. The number of nitrogens with zero attached hydrogens (tertiary/aromatic N) is 1. The van der Waals surface area contributed by atoms with Gasteiger partial charge in [-0.15, -0.1) is 0 Å². The number of aryl methyl sites for hydroxylation is 1. The second-order valence-electron chi connectivity index (χ2n) is 6.94. The molecule has 0 aromatic heterocycles. The van der Waals surface area contributed by atoms with Crippen LogP contribution < -0.4 is 14.8 Å². The molecule has 8 heteroatoms. The van der Waals surface area contributed by atoms with Gasteiger partial charge in [0.05, 0.1) is 17.2 Å². The van der Waals surface area contributed by atoms with Gasteiger partial charge in [0.2, 0.25) is 0 Å². The second-order valence-corrected chi connectivity index (χ2v) is 7.97. The molecule has 0 aliphatic carbocycles. The summed E-state index contributed by atoms with van der Waals surface area (Å²) in [6, 6.07) is 11.0. The molecule has 0 saturated carbocycles. The van der Waals surface area contributed by atoms with Gasteiger partial charge in [0.15, 0.2) is 22.8 Å². The highest BCUT2D eigenvalue weighted by Crippen LogP contribution is 2.33. The quantitative estimate of drug-likeness (QED) is 0.618. The number of rotatable bonds is 7. The fourth-order valence-electron chi connectivity index (χ4n) is 2.82. The predicted molar refractivity (Wildman–Crippen MR) is 122 cm³/mol. The highest BCUT2D eigenvalue weighted by molar-refractivity contribution is 8.18. The zero-order chi connectivity index (χ0) is 22.5. The Bertz CT molecular complexity index is 1080. The van der Waals surface area contributed by atoms with Gasteiger partial charge < -0.3 is 19.9 Å². The number of amides is 1. The average molecular weight is 441 g/mol. The van der Waals surface area contributed by atoms with Crippen LogP contribution in [0.15, 0.2) is 46.3 Å². The molecule has 7 nitrogen and oxygen atoms in total. The van der Waals surface area contributed by atoms with Crippen LogP contribution in [0.4, 0.5) is 5.69 Å². The maximum absolute atomic E-state index is 12.4. The third-order valence-corrected chi connectivity index (χ3v) is 5.58. The van der Waals surface area contributed by atoms with E-state index in [1.165, 1.54) is 18.7 Å². The molecule has 31 heavy (non-hydrogen) atoms. The number of amidine groups is 1. The Labute approximate surface area is 185 Å². The molecule has 1 atom stereocenters. The van der Waals surface area contributed by atoms with Gasteiger partial charge >= 0.3 is 5.97 Å². The monoisotopic (exact) mass is 440 g/mol. The average Bonchev–Trinajstić information content (AvgIpc) is 3.06. The molecule has 1 fully saturated rings. The highest BCUT2D eigenvalue weighted by Gasteiger charge is 2.24. The number of aliphatic imine (C=N–C) groups is 1. The lowest BCUT2D eigenvalue weighted by molar-refractivity contribution is -0.144. The van der Waals surface area contributed by atoms with Gasteiger partial charge in [-0.05, 0) is 80.4 Å². The lowest BCUT2D eigenvalue weighted by atomic mass is 10.1. The standard InChI is InChI=1S/C23H24N2O5S/c1-5-29-19-11-16(9-10-18(19)30-15(4)22(27)28)12-20-21(26)25-23(31-20)24-17-8-6-7-13(2)14(17)3/h6-12,15H,5H2,1-4H3,(H,27,28)(H,24,25,26)/b20-12+. The summed E-state index contributed by atoms with van der Waals surface area (Å²) in [5, 5.41) is 12.4. The Kier molecular flexibility index (Phi) is 7.02. The van der Waals surface area contributed by atoms with Gasteiger partial charge in [-0.25, -0.2) is 9.79 Å². The van der Waals surface area contributed by atoms with Crippen molar-refractivity contribution >= 4 is 40.6 Å². The van der Waals surface area contributed by atoms with Gasteiger partial charge in [-0.1, -0.05) is 18.2 Å². The molecular weight excluding hydrogens is 416 g/mol. The van der Waals surface area contributed by atoms with Crippen molar-refractivity contribution < 1.29 is 24.2 Å². The molecule has 1 aliphatic rings. The lowest BCUT2D eigenvalue weighted by Gasteiger charge is -2.15. The molecule has 1 unspecified atom stereocenters. The molecule has 2 N–H and O–H groups in total. The van der Waals surface area contributed by atoms with Crippen molar-refractivity contribution in [2.24, 2.45) is 4.99 Å². The minimum absolute atomic E-state index is 0.230. The highest BCUT2D eigenvalue weighted by atomic mass is 32.2. The number of hydrogen-bond acceptors (Lipinski definition) is 6. The first-order chi connectivity index (χ1) is 14.8. The summed E-state index contributed by atoms with van der Waals surface area (Å²) >= 11 is 1.26. The number of hydrogen-bond donors (Lipinski definition) is 2. The van der Waals surface area contributed by atoms with Gasteiger partial charge in [-0.2, -0.15) is 0 Å². The van der Waals surface area contributed by atoms with Crippen LogP contribution >= 0.6 is 11.8 Å². The minimum Gasteiger partial charge on any atom is -0.490 e. The maximum atomic E-state index is 12.4. The summed E-state index contributed by atoms with van der Waals surface area (Å²) in [6.45, 7) is 7.68. The molecule has 0 spiro atoms. The van der Waals surface area contributed by atoms with Crippen LogP contribution in [-0.2, 0) is 9.59 Å². The van der Waals surface area contributed by atoms with Crippen molar-refractivity contribution in [2.75, 3.05) is 6.61 Å². The molecule has 1 saturated heterocycles. The van der Waals surface area contributed by atoms with Crippen LogP contribution in [0.5, 0.6) is 11.5 Å². The van der Waals surface area contributed by atoms with E-state index in [4.69, 9.17) is 14.6 Å². The first-order valence-corrected chi connectivity index (χ1v) is 10.6. The molecule has 0 bridgehead atoms. The molecular formula is C23H24N2O5S. The van der Waals surface area contributed by atoms with Crippen LogP contribution in [0, 0.1) is 13.8 Å². The van der Waals surface area contributed by atoms with E-state index in [1.54, 1.807) is 24.3 Å². The zero-order valence-electron chi connectivity index (χ0n) is 17.8. The number of carboxylic acid groups (broad SMARTS) is 1. The number of carboxylic acids is 1. The first-order valence-electron chi connectivity index (χ1n) is 9.80. The molecule has 1 amide bonds. The van der Waals surface area contributed by atoms with E-state index in [0.29, 0.717) is 28.2 Å². The molecule has 1 aliphatic heterocycles. The third kappa shape index (κ3) is 5.46. The number of thioether (sulfide) groups is 1. The predicted octanol–water partition coefficient (Wildman–Crippen LogP) is 4.45. The van der Waals surface area contributed by atoms with Gasteiger partial charge in [-0.3, -0.25) is 4.79 Å². The molecule has 1 heterocycles. The van der Waals surface area contributed by atoms with Gasteiger partial charge in [0.25, 0.3) is 5.91 Å². The zero-order valence-corrected chi connectivity index (χ0v) is 18.6. The Morgan fingerprint density at radius 2 is 2.03 bits per heavy atom. The number of nitrogens with one attached hydrogen (secondary N) is 1. The smallest absolute Gasteiger partial charge is 0.344 e. The van der Waals surface area contributed by atoms with Gasteiger partial charge in [0.1, 0.15) is 0 Å². The topological polar surface area (TPSA) is 97.2 Å². The fraction of sp³-hybridized carbons (Fsp3) is 0.261. The normalized spacial score (nSPS) is 17.0. The molecule has 2 aromatic rings. The maximum Gasteiger partial charge on any atom is 0.344 e. The molecule has 162 valence electrons. The lowest BCUT2D eigenvalue weighted by Crippen LogP contribution is -2.23. The van der Waals surface area contributed by atoms with E-state index in [9.17, 15) is 9.59 Å². The van der Waals surface area contributed by atoms with E-state index in [-0.39, 0.29) is 5.91 Å². The van der Waals surface area contributed by atoms with Crippen LogP contribution in [0.3, 0.4) is 0 Å². The van der Waals surface area contributed by atoms with E-state index in [0.717, 1.165) is 22.4 Å². The van der Waals surface area contributed by atoms with Crippen molar-refractivity contribution in [1.29, 1.82) is 0 Å². The number of aliphatic carboxylic acids is 1. The van der Waals surface area contributed by atoms with Crippen molar-refractivity contribution in [3.8, 4) is 11.5 Å². The summed E-state index contributed by atoms with van der Waals surface area (Å²) in [5.74, 6) is -0.549. The Balaban J connectivity index is 1.84. The Hall–Kier alpha value is -3.26. The summed E-state index contributed by atoms with van der Waals surface area (Å²) in [4.78, 5) is 28.6. The van der Waals surface area contributed by atoms with E-state index < -0.39 is 12.1 Å². The van der Waals surface area contributed by atoms with Crippen LogP contribution in [0.1, 0.15) is 30.5 Å².